The first-order valence-electron chi connectivity index (χ1n) is 37.9. The number of rotatable bonds is 16. The molecule has 6 amide bonds. The third-order valence-corrected chi connectivity index (χ3v) is 21.9. The standard InChI is InChI=1S/C44H45ClN8O8.C40H39ClN6O6/c1-23(2)36(50-43(57)59-3)41(55)52-16-8-13-33(52)40-47-22-31(49-40)26-20-35-28(19-29(26)45)38(54)27-18-25(14-15-34(27)61-35)30-21-46-39(48-30)32-12-9-17-53(32)42(56)37(51-44(58)60-4)24-10-6-5-7-11-24;1-40(2,3)53-39(50)47-16-8-12-32(47)37-43-21-30(45-37)25-19-34-27(18-28(25)41)35(48)26-17-24(13-14-33(26)52-34)29-20-42-36(44-29)31-11-7-15-46(31)38(49)51-22-23-9-5-4-6-10-23/h5-7,10-11,14-15,18-23,32-33,36-37H,8-9,12-13,16-17H2,1-4H3,(H,46,48)(H,47,49)(H,50,57)(H,51,58);4-6,9-10,13-14,17-21,31-32H,7-8,11-12,15-16,22H2,1-3H3,(H,42,44)(H,43,45)/t32-,33-,36-,37+;31-,32-/m00/s1. The lowest BCUT2D eigenvalue weighted by molar-refractivity contribution is -0.135. The van der Waals surface area contributed by atoms with Gasteiger partial charge < -0.3 is 68.2 Å². The number of carbonyl (C=O) groups is 6. The lowest BCUT2D eigenvalue weighted by Crippen LogP contribution is -2.51. The quantitative estimate of drug-likeness (QED) is 0.0386. The second-order valence-electron chi connectivity index (χ2n) is 30.1. The molecule has 4 fully saturated rings. The van der Waals surface area contributed by atoms with Crippen LogP contribution in [0.2, 0.25) is 10.0 Å². The second-order valence-corrected chi connectivity index (χ2v) is 30.9. The number of ether oxygens (including phenoxy) is 4. The molecule has 4 saturated heterocycles. The van der Waals surface area contributed by atoms with Gasteiger partial charge in [0.15, 0.2) is 0 Å². The fourth-order valence-electron chi connectivity index (χ4n) is 15.5. The van der Waals surface area contributed by atoms with E-state index in [0.717, 1.165) is 49.7 Å². The van der Waals surface area contributed by atoms with Crippen LogP contribution in [0.25, 0.3) is 88.9 Å². The number of hydrogen-bond donors (Lipinski definition) is 6. The average molecular weight is 1580 g/mol. The summed E-state index contributed by atoms with van der Waals surface area (Å²) in [7, 11) is 2.51. The summed E-state index contributed by atoms with van der Waals surface area (Å²) in [6, 6.07) is 33.0. The van der Waals surface area contributed by atoms with Crippen LogP contribution in [0.3, 0.4) is 0 Å². The highest BCUT2D eigenvalue weighted by atomic mass is 35.5. The smallest absolute Gasteiger partial charge is 0.410 e. The summed E-state index contributed by atoms with van der Waals surface area (Å²) < 4.78 is 33.4. The van der Waals surface area contributed by atoms with Crippen LogP contribution in [0.4, 0.5) is 19.2 Å². The molecule has 30 heteroatoms. The number of benzene rings is 6. The van der Waals surface area contributed by atoms with Gasteiger partial charge in [0.05, 0.1) is 118 Å². The van der Waals surface area contributed by atoms with E-state index in [9.17, 15) is 38.4 Å². The molecule has 0 unspecified atom stereocenters. The number of fused-ring (bicyclic) bond motifs is 4. The zero-order valence-electron chi connectivity index (χ0n) is 63.6. The van der Waals surface area contributed by atoms with Crippen LogP contribution >= 0.6 is 23.2 Å². The maximum absolute atomic E-state index is 14.0. The molecule has 588 valence electrons. The van der Waals surface area contributed by atoms with Crippen molar-refractivity contribution in [2.24, 2.45) is 5.92 Å². The Morgan fingerprint density at radius 2 is 0.904 bits per heavy atom. The monoisotopic (exact) mass is 1580 g/mol. The van der Waals surface area contributed by atoms with Gasteiger partial charge in [0.1, 0.15) is 69.9 Å². The first kappa shape index (κ1) is 77.0. The topological polar surface area (TPSA) is 352 Å². The van der Waals surface area contributed by atoms with Crippen molar-refractivity contribution in [3.8, 4) is 45.0 Å². The highest BCUT2D eigenvalue weighted by Gasteiger charge is 2.41. The average Bonchev–Trinajstić information content (AvgIpc) is 1.34. The fraction of sp³-hybridized carbons (Fsp3) is 0.333. The van der Waals surface area contributed by atoms with E-state index in [2.05, 4.69) is 50.5 Å². The summed E-state index contributed by atoms with van der Waals surface area (Å²) in [4.78, 5) is 144. The molecule has 16 rings (SSSR count). The van der Waals surface area contributed by atoms with E-state index < -0.39 is 29.9 Å². The number of likely N-dealkylation sites (tertiary alicyclic amines) is 4. The molecule has 6 atom stereocenters. The molecule has 114 heavy (non-hydrogen) atoms. The van der Waals surface area contributed by atoms with Crippen molar-refractivity contribution >= 4 is 103 Å². The highest BCUT2D eigenvalue weighted by Crippen LogP contribution is 2.41. The van der Waals surface area contributed by atoms with Crippen molar-refractivity contribution in [2.75, 3.05) is 40.4 Å². The van der Waals surface area contributed by atoms with Crippen LogP contribution in [0, 0.1) is 5.92 Å². The maximum Gasteiger partial charge on any atom is 0.410 e. The zero-order valence-corrected chi connectivity index (χ0v) is 65.2. The van der Waals surface area contributed by atoms with Crippen LogP contribution < -0.4 is 21.5 Å². The van der Waals surface area contributed by atoms with E-state index >= 15 is 0 Å². The van der Waals surface area contributed by atoms with E-state index in [1.807, 2.05) is 83.1 Å². The number of halogens is 2. The molecule has 28 nitrogen and oxygen atoms in total. The lowest BCUT2D eigenvalue weighted by Gasteiger charge is -2.30. The molecular weight excluding hydrogens is 1500 g/mol. The van der Waals surface area contributed by atoms with Crippen molar-refractivity contribution in [1.82, 2.24) is 70.1 Å². The molecular formula is C84H84Cl2N14O14. The summed E-state index contributed by atoms with van der Waals surface area (Å²) in [6.07, 6.45) is 10.6. The Balaban J connectivity index is 0.000000181. The van der Waals surface area contributed by atoms with E-state index in [1.54, 1.807) is 117 Å². The molecule has 0 bridgehead atoms. The summed E-state index contributed by atoms with van der Waals surface area (Å²) in [6.45, 7) is 11.6. The minimum Gasteiger partial charge on any atom is -0.456 e. The molecule has 4 aliphatic rings. The van der Waals surface area contributed by atoms with Gasteiger partial charge in [0.2, 0.25) is 16.8 Å². The predicted octanol–water partition coefficient (Wildman–Crippen LogP) is 16.1. The van der Waals surface area contributed by atoms with Gasteiger partial charge in [0, 0.05) is 48.4 Å². The lowest BCUT2D eigenvalue weighted by atomic mass is 10.0. The number of aromatic amines is 4. The van der Waals surface area contributed by atoms with Gasteiger partial charge in [-0.2, -0.15) is 0 Å². The van der Waals surface area contributed by atoms with Gasteiger partial charge in [-0.05, 0) is 150 Å². The van der Waals surface area contributed by atoms with Crippen molar-refractivity contribution in [3.63, 3.8) is 0 Å². The summed E-state index contributed by atoms with van der Waals surface area (Å²) in [5.74, 6) is 1.79. The molecule has 0 radical (unpaired) electrons. The van der Waals surface area contributed by atoms with Crippen LogP contribution in [-0.2, 0) is 35.1 Å². The van der Waals surface area contributed by atoms with Crippen molar-refractivity contribution in [2.45, 2.75) is 134 Å². The Hall–Kier alpha value is -12.3. The minimum absolute atomic E-state index is 0.169. The number of imidazole rings is 4. The van der Waals surface area contributed by atoms with Gasteiger partial charge in [-0.3, -0.25) is 29.0 Å². The number of carbonyl (C=O) groups excluding carboxylic acids is 6. The zero-order chi connectivity index (χ0) is 79.8. The Labute approximate surface area is 663 Å². The summed E-state index contributed by atoms with van der Waals surface area (Å²) in [5, 5.41) is 7.38. The molecule has 0 aliphatic carbocycles. The number of nitrogens with one attached hydrogen (secondary N) is 6. The maximum atomic E-state index is 14.0. The van der Waals surface area contributed by atoms with Crippen LogP contribution in [0.1, 0.15) is 151 Å². The molecule has 0 saturated carbocycles. The first-order valence-corrected chi connectivity index (χ1v) is 38.7. The number of hydrogen-bond acceptors (Lipinski definition) is 18. The van der Waals surface area contributed by atoms with Crippen LogP contribution in [0.15, 0.2) is 165 Å². The van der Waals surface area contributed by atoms with E-state index in [-0.39, 0.29) is 71.6 Å². The molecule has 12 aromatic rings. The molecule has 6 aromatic heterocycles. The molecule has 6 N–H and O–H groups in total. The third kappa shape index (κ3) is 15.8. The Kier molecular flexibility index (Phi) is 21.9. The van der Waals surface area contributed by atoms with E-state index in [4.69, 9.17) is 51.0 Å². The Bertz CT molecular complexity index is 5790. The van der Waals surface area contributed by atoms with Crippen LogP contribution in [-0.4, -0.2) is 148 Å². The van der Waals surface area contributed by atoms with Gasteiger partial charge in [0.25, 0.3) is 5.91 Å². The number of H-pyrrole nitrogens is 4. The molecule has 0 spiro atoms. The van der Waals surface area contributed by atoms with Crippen molar-refractivity contribution in [1.29, 1.82) is 0 Å². The number of amides is 6. The summed E-state index contributed by atoms with van der Waals surface area (Å²) >= 11 is 13.6. The van der Waals surface area contributed by atoms with E-state index in [0.29, 0.717) is 161 Å². The summed E-state index contributed by atoms with van der Waals surface area (Å²) in [5.41, 5.74) is 7.18. The van der Waals surface area contributed by atoms with Gasteiger partial charge in [-0.15, -0.1) is 0 Å². The van der Waals surface area contributed by atoms with Crippen LogP contribution in [0.5, 0.6) is 0 Å². The number of alkyl carbamates (subject to hydrolysis) is 2. The van der Waals surface area contributed by atoms with Crippen molar-refractivity contribution < 1.29 is 56.5 Å². The number of nitrogens with zero attached hydrogens (tertiary/aromatic N) is 8. The Morgan fingerprint density at radius 3 is 1.36 bits per heavy atom. The molecule has 10 heterocycles. The molecule has 6 aromatic carbocycles. The van der Waals surface area contributed by atoms with Gasteiger partial charge >= 0.3 is 24.4 Å². The van der Waals surface area contributed by atoms with Gasteiger partial charge in [-0.25, -0.2) is 39.1 Å². The first-order chi connectivity index (χ1) is 55.0. The van der Waals surface area contributed by atoms with Crippen molar-refractivity contribution in [3.05, 3.63) is 211 Å². The minimum atomic E-state index is -0.943. The fourth-order valence-corrected chi connectivity index (χ4v) is 16.1. The number of methoxy groups -OCH3 is 2. The third-order valence-electron chi connectivity index (χ3n) is 21.2. The largest absolute Gasteiger partial charge is 0.456 e. The number of aromatic nitrogens is 8. The van der Waals surface area contributed by atoms with Gasteiger partial charge in [-0.1, -0.05) is 97.7 Å². The predicted molar refractivity (Wildman–Crippen MR) is 427 cm³/mol. The normalized spacial score (nSPS) is 17.5. The Morgan fingerprint density at radius 1 is 0.500 bits per heavy atom. The van der Waals surface area contributed by atoms with E-state index in [1.165, 1.54) is 14.2 Å². The second kappa shape index (κ2) is 32.4. The SMILES string of the molecule is CC(C)(C)OC(=O)N1CCC[C@H]1c1ncc(-c2cc3oc4ccc(-c5cnc([C@@H]6CCCN6C(=O)OCc6ccccc6)[nH]5)cc4c(=O)c3cc2Cl)[nH]1.COC(=O)N[C@H](C(=O)N1CCC[C@H]1c1ncc(-c2cc3oc4ccc(-c5cnc([C@@H]6CCCN6C(=O)[C@H](NC(=O)OC)c6ccccc6)[nH]5)cc4c(=O)c3cc2Cl)[nH]1)C(C)C. The molecule has 4 aliphatic heterocycles. The highest BCUT2D eigenvalue weighted by molar-refractivity contribution is 6.34.